The minimum atomic E-state index is -0.0666. The van der Waals surface area contributed by atoms with E-state index in [1.165, 1.54) is 0 Å². The first-order chi connectivity index (χ1) is 12.1. The largest absolute Gasteiger partial charge is 0.497 e. The van der Waals surface area contributed by atoms with E-state index in [0.29, 0.717) is 0 Å². The van der Waals surface area contributed by atoms with Gasteiger partial charge < -0.3 is 19.9 Å². The van der Waals surface area contributed by atoms with Crippen LogP contribution in [0.5, 0.6) is 5.75 Å². The van der Waals surface area contributed by atoms with E-state index in [4.69, 9.17) is 4.74 Å². The number of nitrogens with one attached hydrogen (secondary N) is 1. The number of likely N-dealkylation sites (tertiary alicyclic amines) is 1. The molecule has 0 aliphatic carbocycles. The molecule has 5 nitrogen and oxygen atoms in total. The van der Waals surface area contributed by atoms with Gasteiger partial charge in [0.05, 0.1) is 7.11 Å². The zero-order valence-corrected chi connectivity index (χ0v) is 15.0. The molecular weight excluding hydrogens is 314 g/mol. The van der Waals surface area contributed by atoms with Gasteiger partial charge in [0.2, 0.25) is 0 Å². The van der Waals surface area contributed by atoms with Crippen LogP contribution in [0.15, 0.2) is 48.5 Å². The summed E-state index contributed by atoms with van der Waals surface area (Å²) in [6, 6.07) is 16.0. The molecule has 0 bridgehead atoms. The molecule has 0 aromatic heterocycles. The lowest BCUT2D eigenvalue weighted by Gasteiger charge is -2.24. The lowest BCUT2D eigenvalue weighted by Crippen LogP contribution is -2.41. The van der Waals surface area contributed by atoms with Crippen LogP contribution in [0.25, 0.3) is 11.1 Å². The van der Waals surface area contributed by atoms with Gasteiger partial charge in [0.1, 0.15) is 5.75 Å². The van der Waals surface area contributed by atoms with Gasteiger partial charge in [-0.1, -0.05) is 24.3 Å². The summed E-state index contributed by atoms with van der Waals surface area (Å²) < 4.78 is 5.29. The molecule has 1 aliphatic rings. The Kier molecular flexibility index (Phi) is 5.24. The molecule has 2 aromatic carbocycles. The van der Waals surface area contributed by atoms with Gasteiger partial charge in [0, 0.05) is 25.3 Å². The normalized spacial score (nSPS) is 17.3. The quantitative estimate of drug-likeness (QED) is 0.927. The number of benzene rings is 2. The lowest BCUT2D eigenvalue weighted by molar-refractivity contribution is 0.204. The van der Waals surface area contributed by atoms with Crippen molar-refractivity contribution in [3.8, 4) is 16.9 Å². The van der Waals surface area contributed by atoms with E-state index in [0.717, 1.165) is 42.1 Å². The number of methoxy groups -OCH3 is 1. The molecule has 1 unspecified atom stereocenters. The van der Waals surface area contributed by atoms with E-state index < -0.39 is 0 Å². The second kappa shape index (κ2) is 7.57. The van der Waals surface area contributed by atoms with Crippen LogP contribution in [0.2, 0.25) is 0 Å². The second-order valence-corrected chi connectivity index (χ2v) is 6.56. The fourth-order valence-corrected chi connectivity index (χ4v) is 3.18. The van der Waals surface area contributed by atoms with Crippen LogP contribution < -0.4 is 10.1 Å². The molecule has 0 spiro atoms. The zero-order chi connectivity index (χ0) is 17.8. The summed E-state index contributed by atoms with van der Waals surface area (Å²) in [6.45, 7) is 1.96. The van der Waals surface area contributed by atoms with Gasteiger partial charge in [-0.25, -0.2) is 4.79 Å². The Morgan fingerprint density at radius 1 is 1.20 bits per heavy atom. The summed E-state index contributed by atoms with van der Waals surface area (Å²) in [4.78, 5) is 16.6. The van der Waals surface area contributed by atoms with Crippen LogP contribution in [0, 0.1) is 0 Å². The topological polar surface area (TPSA) is 44.8 Å². The maximum absolute atomic E-state index is 12.5. The van der Waals surface area contributed by atoms with E-state index in [9.17, 15) is 4.79 Å². The molecule has 2 amide bonds. The number of rotatable bonds is 4. The molecular formula is C20H25N3O2. The average molecular weight is 339 g/mol. The van der Waals surface area contributed by atoms with Gasteiger partial charge in [-0.2, -0.15) is 0 Å². The Labute approximate surface area is 149 Å². The highest BCUT2D eigenvalue weighted by molar-refractivity contribution is 5.90. The van der Waals surface area contributed by atoms with Crippen LogP contribution >= 0.6 is 0 Å². The Bertz CT molecular complexity index is 747. The number of amides is 2. The molecule has 0 radical (unpaired) electrons. The third kappa shape index (κ3) is 4.12. The molecule has 3 rings (SSSR count). The summed E-state index contributed by atoms with van der Waals surface area (Å²) in [7, 11) is 5.61. The van der Waals surface area contributed by atoms with Crippen molar-refractivity contribution in [3.05, 3.63) is 48.5 Å². The van der Waals surface area contributed by atoms with Crippen molar-refractivity contribution in [3.63, 3.8) is 0 Å². The summed E-state index contributed by atoms with van der Waals surface area (Å²) >= 11 is 0. The van der Waals surface area contributed by atoms with Crippen LogP contribution in [-0.4, -0.2) is 56.2 Å². The predicted octanol–water partition coefficient (Wildman–Crippen LogP) is 3.53. The zero-order valence-electron chi connectivity index (χ0n) is 15.0. The van der Waals surface area contributed by atoms with E-state index >= 15 is 0 Å². The number of carbonyl (C=O) groups excluding carboxylic acids is 1. The first kappa shape index (κ1) is 17.3. The molecule has 0 saturated carbocycles. The maximum Gasteiger partial charge on any atom is 0.321 e. The fraction of sp³-hybridized carbons (Fsp3) is 0.350. The van der Waals surface area contributed by atoms with E-state index in [1.807, 2.05) is 60.5 Å². The number of urea groups is 1. The van der Waals surface area contributed by atoms with Crippen molar-refractivity contribution >= 4 is 11.7 Å². The predicted molar refractivity (Wildman–Crippen MR) is 101 cm³/mol. The van der Waals surface area contributed by atoms with Crippen molar-refractivity contribution in [2.75, 3.05) is 39.6 Å². The SMILES string of the molecule is COc1cccc(-c2cccc(NC(=O)N(C)C3CCN(C)C3)c2)c1. The van der Waals surface area contributed by atoms with Gasteiger partial charge in [0.15, 0.2) is 0 Å². The van der Waals surface area contributed by atoms with Crippen molar-refractivity contribution in [2.45, 2.75) is 12.5 Å². The number of anilines is 1. The number of nitrogens with zero attached hydrogens (tertiary/aromatic N) is 2. The number of carbonyl (C=O) groups is 1. The van der Waals surface area contributed by atoms with E-state index in [2.05, 4.69) is 17.3 Å². The maximum atomic E-state index is 12.5. The molecule has 1 saturated heterocycles. The van der Waals surface area contributed by atoms with Gasteiger partial charge in [-0.05, 0) is 55.4 Å². The highest BCUT2D eigenvalue weighted by atomic mass is 16.5. The first-order valence-electron chi connectivity index (χ1n) is 8.53. The monoisotopic (exact) mass is 339 g/mol. The lowest BCUT2D eigenvalue weighted by atomic mass is 10.0. The number of likely N-dealkylation sites (N-methyl/N-ethyl adjacent to an activating group) is 2. The summed E-state index contributed by atoms with van der Waals surface area (Å²) in [5.74, 6) is 0.817. The van der Waals surface area contributed by atoms with Crippen LogP contribution in [0.3, 0.4) is 0 Å². The molecule has 1 N–H and O–H groups in total. The first-order valence-corrected chi connectivity index (χ1v) is 8.53. The van der Waals surface area contributed by atoms with Crippen LogP contribution in [0.4, 0.5) is 10.5 Å². The van der Waals surface area contributed by atoms with Gasteiger partial charge in [-0.3, -0.25) is 0 Å². The summed E-state index contributed by atoms with van der Waals surface area (Å²) in [5, 5.41) is 3.01. The van der Waals surface area contributed by atoms with Gasteiger partial charge in [-0.15, -0.1) is 0 Å². The Balaban J connectivity index is 1.72. The Morgan fingerprint density at radius 2 is 1.92 bits per heavy atom. The fourth-order valence-electron chi connectivity index (χ4n) is 3.18. The Hall–Kier alpha value is -2.53. The van der Waals surface area contributed by atoms with Gasteiger partial charge in [0.25, 0.3) is 0 Å². The smallest absolute Gasteiger partial charge is 0.321 e. The minimum Gasteiger partial charge on any atom is -0.497 e. The van der Waals surface area contributed by atoms with Crippen molar-refractivity contribution in [1.29, 1.82) is 0 Å². The molecule has 25 heavy (non-hydrogen) atoms. The molecule has 1 heterocycles. The number of hydrogen-bond acceptors (Lipinski definition) is 3. The van der Waals surface area contributed by atoms with Crippen molar-refractivity contribution in [2.24, 2.45) is 0 Å². The number of hydrogen-bond donors (Lipinski definition) is 1. The summed E-state index contributed by atoms with van der Waals surface area (Å²) in [6.07, 6.45) is 1.02. The van der Waals surface area contributed by atoms with Crippen molar-refractivity contribution in [1.82, 2.24) is 9.80 Å². The van der Waals surface area contributed by atoms with Crippen LogP contribution in [0.1, 0.15) is 6.42 Å². The number of ether oxygens (including phenoxy) is 1. The molecule has 2 aromatic rings. The molecule has 5 heteroatoms. The standard InChI is InChI=1S/C20H25N3O2/c1-22-11-10-18(14-22)23(2)20(24)21-17-8-4-6-15(12-17)16-7-5-9-19(13-16)25-3/h4-9,12-13,18H,10-11,14H2,1-3H3,(H,21,24). The third-order valence-electron chi connectivity index (χ3n) is 4.75. The molecule has 1 fully saturated rings. The van der Waals surface area contributed by atoms with Gasteiger partial charge >= 0.3 is 6.03 Å². The third-order valence-corrected chi connectivity index (χ3v) is 4.75. The highest BCUT2D eigenvalue weighted by Gasteiger charge is 2.26. The average Bonchev–Trinajstić information content (AvgIpc) is 3.07. The highest BCUT2D eigenvalue weighted by Crippen LogP contribution is 2.26. The molecule has 1 aliphatic heterocycles. The molecule has 132 valence electrons. The minimum absolute atomic E-state index is 0.0666. The second-order valence-electron chi connectivity index (χ2n) is 6.56. The molecule has 1 atom stereocenters. The van der Waals surface area contributed by atoms with E-state index in [1.54, 1.807) is 7.11 Å². The van der Waals surface area contributed by atoms with Crippen molar-refractivity contribution < 1.29 is 9.53 Å². The Morgan fingerprint density at radius 3 is 2.60 bits per heavy atom. The summed E-state index contributed by atoms with van der Waals surface area (Å²) in [5.41, 5.74) is 2.89. The van der Waals surface area contributed by atoms with E-state index in [-0.39, 0.29) is 12.1 Å². The van der Waals surface area contributed by atoms with Crippen LogP contribution in [-0.2, 0) is 0 Å².